The van der Waals surface area contributed by atoms with Crippen LogP contribution in [0.2, 0.25) is 0 Å². The van der Waals surface area contributed by atoms with Crippen molar-refractivity contribution in [3.63, 3.8) is 0 Å². The lowest BCUT2D eigenvalue weighted by atomic mass is 10.2. The van der Waals surface area contributed by atoms with Gasteiger partial charge in [0, 0.05) is 17.5 Å². The predicted octanol–water partition coefficient (Wildman–Crippen LogP) is 1.08. The lowest BCUT2D eigenvalue weighted by Gasteiger charge is -2.19. The van der Waals surface area contributed by atoms with Crippen LogP contribution in [0.25, 0.3) is 0 Å². The van der Waals surface area contributed by atoms with Crippen LogP contribution in [-0.4, -0.2) is 33.8 Å². The monoisotopic (exact) mass is 267 g/mol. The Bertz CT molecular complexity index is 470. The Morgan fingerprint density at radius 1 is 1.56 bits per heavy atom. The van der Waals surface area contributed by atoms with Crippen molar-refractivity contribution in [2.24, 2.45) is 0 Å². The smallest absolute Gasteiger partial charge is 0.247 e. The van der Waals surface area contributed by atoms with Crippen molar-refractivity contribution < 1.29 is 9.59 Å². The van der Waals surface area contributed by atoms with Gasteiger partial charge in [0.1, 0.15) is 0 Å². The van der Waals surface area contributed by atoms with Crippen molar-refractivity contribution in [3.8, 4) is 0 Å². The van der Waals surface area contributed by atoms with E-state index in [2.05, 4.69) is 10.3 Å². The van der Waals surface area contributed by atoms with Crippen molar-refractivity contribution in [1.82, 2.24) is 15.2 Å². The van der Waals surface area contributed by atoms with Crippen LogP contribution in [0.15, 0.2) is 5.51 Å². The maximum absolute atomic E-state index is 12.0. The summed E-state index contributed by atoms with van der Waals surface area (Å²) < 4.78 is 0. The number of carbonyl (C=O) groups is 2. The number of hydrogen-bond acceptors (Lipinski definition) is 5. The molecule has 2 amide bonds. The molecule has 0 aliphatic carbocycles. The minimum Gasteiger partial charge on any atom is -0.300 e. The fourth-order valence-corrected chi connectivity index (χ4v) is 2.79. The highest BCUT2D eigenvalue weighted by atomic mass is 32.1. The summed E-state index contributed by atoms with van der Waals surface area (Å²) >= 11 is 1.56. The molecule has 1 N–H and O–H groups in total. The molecule has 1 fully saturated rings. The zero-order chi connectivity index (χ0) is 13.3. The first-order valence-corrected chi connectivity index (χ1v) is 6.87. The van der Waals surface area contributed by atoms with Gasteiger partial charge in [0.2, 0.25) is 11.8 Å². The molecular formula is C12H17N3O2S. The molecule has 0 aromatic carbocycles. The lowest BCUT2D eigenvalue weighted by molar-refractivity contribution is -0.140. The van der Waals surface area contributed by atoms with E-state index in [1.165, 1.54) is 4.90 Å². The van der Waals surface area contributed by atoms with Crippen molar-refractivity contribution in [1.29, 1.82) is 0 Å². The summed E-state index contributed by atoms with van der Waals surface area (Å²) in [5, 5.41) is 3.15. The maximum atomic E-state index is 12.0. The van der Waals surface area contributed by atoms with E-state index >= 15 is 0 Å². The minimum atomic E-state index is -0.388. The summed E-state index contributed by atoms with van der Waals surface area (Å²) in [4.78, 5) is 30.4. The second-order valence-electron chi connectivity index (χ2n) is 4.69. The third-order valence-corrected chi connectivity index (χ3v) is 3.99. The second kappa shape index (κ2) is 5.16. The summed E-state index contributed by atoms with van der Waals surface area (Å²) in [6.45, 7) is 6.23. The van der Waals surface area contributed by atoms with Gasteiger partial charge in [-0.1, -0.05) is 0 Å². The molecule has 0 bridgehead atoms. The van der Waals surface area contributed by atoms with Crippen LogP contribution >= 0.6 is 11.3 Å². The molecule has 1 aliphatic rings. The van der Waals surface area contributed by atoms with Gasteiger partial charge in [-0.3, -0.25) is 14.5 Å². The number of rotatable bonds is 4. The SMILES string of the molecule is Cc1ncsc1CNC1CC(=O)N(C(C)C)C1=O. The van der Waals surface area contributed by atoms with Crippen LogP contribution in [-0.2, 0) is 16.1 Å². The average molecular weight is 267 g/mol. The van der Waals surface area contributed by atoms with Crippen molar-refractivity contribution >= 4 is 23.2 Å². The molecule has 1 aromatic rings. The first kappa shape index (κ1) is 13.2. The molecule has 98 valence electrons. The van der Waals surface area contributed by atoms with E-state index in [-0.39, 0.29) is 30.3 Å². The van der Waals surface area contributed by atoms with Crippen LogP contribution in [0.5, 0.6) is 0 Å². The standard InChI is InChI=1S/C12H17N3O2S/c1-7(2)15-11(16)4-9(12(15)17)13-5-10-8(3)14-6-18-10/h6-7,9,13H,4-5H2,1-3H3. The van der Waals surface area contributed by atoms with Gasteiger partial charge in [0.15, 0.2) is 0 Å². The Balaban J connectivity index is 1.98. The number of likely N-dealkylation sites (tertiary alicyclic amines) is 1. The molecule has 2 rings (SSSR count). The normalized spacial score (nSPS) is 20.2. The number of amides is 2. The molecule has 2 heterocycles. The van der Waals surface area contributed by atoms with Crippen LogP contribution in [0.4, 0.5) is 0 Å². The van der Waals surface area contributed by atoms with Crippen molar-refractivity contribution in [2.45, 2.75) is 45.8 Å². The van der Waals surface area contributed by atoms with Crippen molar-refractivity contribution in [2.75, 3.05) is 0 Å². The van der Waals surface area contributed by atoms with E-state index in [1.807, 2.05) is 20.8 Å². The third-order valence-electron chi connectivity index (χ3n) is 3.05. The molecule has 6 heteroatoms. The summed E-state index contributed by atoms with van der Waals surface area (Å²) in [7, 11) is 0. The maximum Gasteiger partial charge on any atom is 0.247 e. The summed E-state index contributed by atoms with van der Waals surface area (Å²) in [5.74, 6) is -0.203. The molecule has 18 heavy (non-hydrogen) atoms. The van der Waals surface area contributed by atoms with Gasteiger partial charge in [-0.25, -0.2) is 4.98 Å². The molecule has 1 saturated heterocycles. The summed E-state index contributed by atoms with van der Waals surface area (Å²) in [5.41, 5.74) is 2.76. The first-order valence-electron chi connectivity index (χ1n) is 5.99. The summed E-state index contributed by atoms with van der Waals surface area (Å²) in [6.07, 6.45) is 0.259. The van der Waals surface area contributed by atoms with Crippen molar-refractivity contribution in [3.05, 3.63) is 16.1 Å². The molecule has 1 atom stereocenters. The second-order valence-corrected chi connectivity index (χ2v) is 5.63. The third kappa shape index (κ3) is 2.44. The average Bonchev–Trinajstić information content (AvgIpc) is 2.80. The van der Waals surface area contributed by atoms with E-state index in [9.17, 15) is 9.59 Å². The minimum absolute atomic E-state index is 0.0676. The highest BCUT2D eigenvalue weighted by molar-refractivity contribution is 7.09. The van der Waals surface area contributed by atoms with E-state index < -0.39 is 0 Å². The molecule has 1 aliphatic heterocycles. The predicted molar refractivity (Wildman–Crippen MR) is 69.1 cm³/mol. The number of nitrogens with zero attached hydrogens (tertiary/aromatic N) is 2. The molecule has 1 unspecified atom stereocenters. The highest BCUT2D eigenvalue weighted by Crippen LogP contribution is 2.18. The first-order chi connectivity index (χ1) is 8.50. The Morgan fingerprint density at radius 2 is 2.28 bits per heavy atom. The fourth-order valence-electron chi connectivity index (χ4n) is 2.06. The molecule has 5 nitrogen and oxygen atoms in total. The van der Waals surface area contributed by atoms with Gasteiger partial charge in [-0.05, 0) is 20.8 Å². The van der Waals surface area contributed by atoms with E-state index in [1.54, 1.807) is 16.8 Å². The van der Waals surface area contributed by atoms with Gasteiger partial charge >= 0.3 is 0 Å². The fraction of sp³-hybridized carbons (Fsp3) is 0.583. The summed E-state index contributed by atoms with van der Waals surface area (Å²) in [6, 6.07) is -0.455. The Hall–Kier alpha value is -1.27. The molecule has 0 spiro atoms. The molecule has 0 radical (unpaired) electrons. The molecule has 1 aromatic heterocycles. The molecular weight excluding hydrogens is 250 g/mol. The van der Waals surface area contributed by atoms with E-state index in [4.69, 9.17) is 0 Å². The van der Waals surface area contributed by atoms with Gasteiger partial charge < -0.3 is 5.32 Å². The van der Waals surface area contributed by atoms with Gasteiger partial charge in [0.05, 0.1) is 23.7 Å². The number of aromatic nitrogens is 1. The van der Waals surface area contributed by atoms with Gasteiger partial charge in [0.25, 0.3) is 0 Å². The largest absolute Gasteiger partial charge is 0.300 e. The van der Waals surface area contributed by atoms with Crippen LogP contribution in [0, 0.1) is 6.92 Å². The zero-order valence-corrected chi connectivity index (χ0v) is 11.6. The number of hydrogen-bond donors (Lipinski definition) is 1. The number of nitrogens with one attached hydrogen (secondary N) is 1. The number of imide groups is 1. The van der Waals surface area contributed by atoms with Crippen LogP contribution < -0.4 is 5.32 Å². The molecule has 0 saturated carbocycles. The topological polar surface area (TPSA) is 62.3 Å². The van der Waals surface area contributed by atoms with E-state index in [0.717, 1.165) is 10.6 Å². The number of aryl methyl sites for hydroxylation is 1. The Labute approximate surface area is 110 Å². The van der Waals surface area contributed by atoms with Crippen LogP contribution in [0.1, 0.15) is 30.8 Å². The number of carbonyl (C=O) groups excluding carboxylic acids is 2. The lowest BCUT2D eigenvalue weighted by Crippen LogP contribution is -2.41. The van der Waals surface area contributed by atoms with Gasteiger partial charge in [-0.15, -0.1) is 11.3 Å². The number of thiazole rings is 1. The van der Waals surface area contributed by atoms with Crippen LogP contribution in [0.3, 0.4) is 0 Å². The van der Waals surface area contributed by atoms with E-state index in [0.29, 0.717) is 6.54 Å². The quantitative estimate of drug-likeness (QED) is 0.829. The Morgan fingerprint density at radius 3 is 2.78 bits per heavy atom. The Kier molecular flexibility index (Phi) is 3.77. The highest BCUT2D eigenvalue weighted by Gasteiger charge is 2.39. The van der Waals surface area contributed by atoms with Gasteiger partial charge in [-0.2, -0.15) is 0 Å². The zero-order valence-electron chi connectivity index (χ0n) is 10.8.